The number of hydrogen-bond acceptors (Lipinski definition) is 5. The van der Waals surface area contributed by atoms with Gasteiger partial charge in [0.25, 0.3) is 0 Å². The summed E-state index contributed by atoms with van der Waals surface area (Å²) in [5, 5.41) is 3.52. The van der Waals surface area contributed by atoms with Gasteiger partial charge in [0.2, 0.25) is 0 Å². The Balaban J connectivity index is 2.98. The molecule has 0 radical (unpaired) electrons. The second-order valence-corrected chi connectivity index (χ2v) is 8.55. The average Bonchev–Trinajstić information content (AvgIpc) is 2.64. The van der Waals surface area contributed by atoms with Gasteiger partial charge >= 0.3 is 7.60 Å². The maximum atomic E-state index is 13.4. The van der Waals surface area contributed by atoms with Crippen molar-refractivity contribution in [2.75, 3.05) is 26.9 Å². The Hall–Kier alpha value is -0.710. The largest absolute Gasteiger partial charge is 0.383 e. The summed E-state index contributed by atoms with van der Waals surface area (Å²) in [4.78, 5) is 0. The first kappa shape index (κ1) is 23.3. The maximum Gasteiger partial charge on any atom is 0.347 e. The third-order valence-corrected chi connectivity index (χ3v) is 6.67. The molecule has 0 fully saturated rings. The van der Waals surface area contributed by atoms with Gasteiger partial charge in [-0.05, 0) is 25.8 Å². The van der Waals surface area contributed by atoms with Gasteiger partial charge in [-0.2, -0.15) is 0 Å². The molecule has 0 saturated heterocycles. The summed E-state index contributed by atoms with van der Waals surface area (Å²) in [7, 11) is -1.56. The van der Waals surface area contributed by atoms with Gasteiger partial charge in [0, 0.05) is 7.11 Å². The molecule has 5 nitrogen and oxygen atoms in total. The van der Waals surface area contributed by atoms with E-state index in [0.717, 1.165) is 24.8 Å². The minimum absolute atomic E-state index is 0.0633. The molecule has 0 spiro atoms. The van der Waals surface area contributed by atoms with Crippen LogP contribution in [0.3, 0.4) is 0 Å². The molecule has 6 heteroatoms. The number of rotatable bonds is 15. The normalized spacial score (nSPS) is 14.3. The molecule has 150 valence electrons. The van der Waals surface area contributed by atoms with Gasteiger partial charge in [-0.3, -0.25) is 9.88 Å². The van der Waals surface area contributed by atoms with Crippen molar-refractivity contribution in [3.63, 3.8) is 0 Å². The van der Waals surface area contributed by atoms with E-state index in [4.69, 9.17) is 13.8 Å². The molecule has 2 atom stereocenters. The first-order chi connectivity index (χ1) is 12.6. The average molecular weight is 385 g/mol. The summed E-state index contributed by atoms with van der Waals surface area (Å²) in [6.07, 6.45) is 5.21. The van der Waals surface area contributed by atoms with Crippen molar-refractivity contribution in [1.82, 2.24) is 5.32 Å². The number of benzene rings is 1. The van der Waals surface area contributed by atoms with Gasteiger partial charge in [0.1, 0.15) is 5.78 Å². The summed E-state index contributed by atoms with van der Waals surface area (Å²) in [6, 6.07) is 10.0. The minimum atomic E-state index is -3.24. The Bertz CT molecular complexity index is 502. The molecule has 0 aromatic heterocycles. The van der Waals surface area contributed by atoms with Crippen LogP contribution in [-0.4, -0.2) is 32.7 Å². The lowest BCUT2D eigenvalue weighted by atomic mass is 10.1. The quantitative estimate of drug-likeness (QED) is 0.318. The molecule has 0 aliphatic carbocycles. The fraction of sp³-hybridized carbons (Fsp3) is 0.700. The molecule has 0 amide bonds. The first-order valence-electron chi connectivity index (χ1n) is 9.79. The summed E-state index contributed by atoms with van der Waals surface area (Å²) < 4.78 is 30.1. The van der Waals surface area contributed by atoms with Crippen molar-refractivity contribution in [2.24, 2.45) is 0 Å². The van der Waals surface area contributed by atoms with E-state index in [2.05, 4.69) is 24.4 Å². The van der Waals surface area contributed by atoms with Crippen LogP contribution in [0, 0.1) is 0 Å². The van der Waals surface area contributed by atoms with E-state index in [1.54, 1.807) is 7.11 Å². The monoisotopic (exact) mass is 385 g/mol. The zero-order valence-electron chi connectivity index (χ0n) is 16.8. The highest BCUT2D eigenvalue weighted by Crippen LogP contribution is 2.54. The van der Waals surface area contributed by atoms with E-state index >= 15 is 0 Å². The lowest BCUT2D eigenvalue weighted by Gasteiger charge is -2.31. The molecule has 0 aliphatic heterocycles. The molecule has 0 aliphatic rings. The Morgan fingerprint density at radius 2 is 1.65 bits per heavy atom. The molecule has 26 heavy (non-hydrogen) atoms. The molecule has 1 N–H and O–H groups in total. The van der Waals surface area contributed by atoms with E-state index in [9.17, 15) is 4.57 Å². The third-order valence-electron chi connectivity index (χ3n) is 4.26. The fourth-order valence-electron chi connectivity index (χ4n) is 3.00. The molecule has 0 unspecified atom stereocenters. The van der Waals surface area contributed by atoms with Crippen molar-refractivity contribution in [1.29, 1.82) is 0 Å². The number of unbranched alkanes of at least 4 members (excludes halogenated alkanes) is 3. The first-order valence-corrected chi connectivity index (χ1v) is 11.4. The Morgan fingerprint density at radius 3 is 2.19 bits per heavy atom. The van der Waals surface area contributed by atoms with E-state index < -0.39 is 7.60 Å². The molecule has 0 bridgehead atoms. The fourth-order valence-corrected chi connectivity index (χ4v) is 5.01. The molecule has 1 aromatic carbocycles. The van der Waals surface area contributed by atoms with Crippen LogP contribution >= 0.6 is 7.60 Å². The lowest BCUT2D eigenvalue weighted by Crippen LogP contribution is -2.36. The van der Waals surface area contributed by atoms with Crippen LogP contribution in [-0.2, 0) is 18.3 Å². The van der Waals surface area contributed by atoms with Crippen molar-refractivity contribution < 1.29 is 18.3 Å². The van der Waals surface area contributed by atoms with Crippen LogP contribution in [0.25, 0.3) is 0 Å². The molecule has 1 aromatic rings. The molecular formula is C20H36NO4P. The van der Waals surface area contributed by atoms with Crippen molar-refractivity contribution >= 4 is 7.60 Å². The predicted molar refractivity (Wildman–Crippen MR) is 108 cm³/mol. The highest BCUT2D eigenvalue weighted by molar-refractivity contribution is 7.54. The van der Waals surface area contributed by atoms with Crippen LogP contribution < -0.4 is 5.32 Å². The van der Waals surface area contributed by atoms with Crippen LogP contribution in [0.1, 0.15) is 64.5 Å². The highest BCUT2D eigenvalue weighted by Gasteiger charge is 2.36. The minimum Gasteiger partial charge on any atom is -0.383 e. The van der Waals surface area contributed by atoms with E-state index in [-0.39, 0.29) is 11.8 Å². The number of ether oxygens (including phenoxy) is 1. The number of methoxy groups -OCH3 is 1. The van der Waals surface area contributed by atoms with Gasteiger partial charge in [0.15, 0.2) is 0 Å². The molecule has 1 rings (SSSR count). The third kappa shape index (κ3) is 7.89. The van der Waals surface area contributed by atoms with Gasteiger partial charge in [0.05, 0.1) is 25.9 Å². The summed E-state index contributed by atoms with van der Waals surface area (Å²) in [5.41, 5.74) is 1.10. The van der Waals surface area contributed by atoms with Gasteiger partial charge in [-0.15, -0.1) is 0 Å². The topological polar surface area (TPSA) is 56.8 Å². The summed E-state index contributed by atoms with van der Waals surface area (Å²) in [5.74, 6) is -0.348. The smallest absolute Gasteiger partial charge is 0.347 e. The van der Waals surface area contributed by atoms with Gasteiger partial charge in [-0.1, -0.05) is 62.9 Å². The van der Waals surface area contributed by atoms with Gasteiger partial charge < -0.3 is 13.8 Å². The molecule has 0 heterocycles. The Morgan fingerprint density at radius 1 is 1.00 bits per heavy atom. The standard InChI is InChI=1S/C20H36NO4P/c1-5-8-9-13-16-20(26(22,24-6-2)25-7-3)21-19(17-23-4)18-14-11-10-12-15-18/h10-12,14-15,19-21H,5-9,13,16-17H2,1-4H3/t19-,20+/m0/s1. The zero-order chi connectivity index (χ0) is 19.3. The summed E-state index contributed by atoms with van der Waals surface area (Å²) >= 11 is 0. The van der Waals surface area contributed by atoms with E-state index in [1.807, 2.05) is 32.0 Å². The van der Waals surface area contributed by atoms with Crippen LogP contribution in [0.4, 0.5) is 0 Å². The van der Waals surface area contributed by atoms with Gasteiger partial charge in [-0.25, -0.2) is 0 Å². The Labute approximate surface area is 159 Å². The number of hydrogen-bond donors (Lipinski definition) is 1. The highest BCUT2D eigenvalue weighted by atomic mass is 31.2. The SMILES string of the molecule is CCCCCC[C@H](N[C@@H](COC)c1ccccc1)P(=O)(OCC)OCC. The second kappa shape index (κ2) is 13.5. The van der Waals surface area contributed by atoms with Crippen molar-refractivity contribution in [3.8, 4) is 0 Å². The van der Waals surface area contributed by atoms with E-state index in [0.29, 0.717) is 19.8 Å². The van der Waals surface area contributed by atoms with E-state index in [1.165, 1.54) is 12.8 Å². The summed E-state index contributed by atoms with van der Waals surface area (Å²) in [6.45, 7) is 7.11. The predicted octanol–water partition coefficient (Wildman–Crippen LogP) is 5.53. The Kier molecular flexibility index (Phi) is 12.1. The lowest BCUT2D eigenvalue weighted by molar-refractivity contribution is 0.156. The van der Waals surface area contributed by atoms with Crippen LogP contribution in [0.5, 0.6) is 0 Å². The van der Waals surface area contributed by atoms with Crippen LogP contribution in [0.15, 0.2) is 30.3 Å². The maximum absolute atomic E-state index is 13.4. The molecular weight excluding hydrogens is 349 g/mol. The second-order valence-electron chi connectivity index (χ2n) is 6.33. The van der Waals surface area contributed by atoms with Crippen LogP contribution in [0.2, 0.25) is 0 Å². The zero-order valence-corrected chi connectivity index (χ0v) is 17.7. The van der Waals surface area contributed by atoms with Crippen molar-refractivity contribution in [3.05, 3.63) is 35.9 Å². The molecule has 0 saturated carbocycles. The number of nitrogens with one attached hydrogen (secondary N) is 1. The van der Waals surface area contributed by atoms with Crippen molar-refractivity contribution in [2.45, 2.75) is 64.7 Å².